The van der Waals surface area contributed by atoms with Crippen molar-refractivity contribution in [2.45, 2.75) is 39.6 Å². The lowest BCUT2D eigenvalue weighted by Gasteiger charge is -2.40. The van der Waals surface area contributed by atoms with Gasteiger partial charge in [0.05, 0.1) is 24.7 Å². The lowest BCUT2D eigenvalue weighted by molar-refractivity contribution is -0.296. The molecule has 3 atom stereocenters. The molecule has 0 aromatic rings. The van der Waals surface area contributed by atoms with Crippen molar-refractivity contribution >= 4 is 0 Å². The molecule has 3 nitrogen and oxygen atoms in total. The molecule has 3 heteroatoms. The van der Waals surface area contributed by atoms with Crippen LogP contribution in [0.2, 0.25) is 0 Å². The molecular formula is C10H17NO2. The molecule has 0 aromatic heterocycles. The normalized spacial score (nSPS) is 35.0. The van der Waals surface area contributed by atoms with E-state index in [-0.39, 0.29) is 12.0 Å². The largest absolute Gasteiger partial charge is 0.350 e. The summed E-state index contributed by atoms with van der Waals surface area (Å²) in [7, 11) is 0. The van der Waals surface area contributed by atoms with Crippen LogP contribution < -0.4 is 0 Å². The Labute approximate surface area is 79.6 Å². The predicted molar refractivity (Wildman–Crippen MR) is 48.8 cm³/mol. The fourth-order valence-electron chi connectivity index (χ4n) is 1.57. The van der Waals surface area contributed by atoms with E-state index in [1.807, 2.05) is 27.7 Å². The first-order chi connectivity index (χ1) is 5.96. The molecule has 0 spiro atoms. The summed E-state index contributed by atoms with van der Waals surface area (Å²) in [6, 6.07) is 2.22. The average molecular weight is 183 g/mol. The summed E-state index contributed by atoms with van der Waals surface area (Å²) in [5.41, 5.74) is 0. The SMILES string of the molecule is C[C@@H](C#N)[C@H]1OC(C)(C)OC[C@@H]1C. The molecule has 1 rings (SSSR count). The monoisotopic (exact) mass is 183 g/mol. The van der Waals surface area contributed by atoms with Gasteiger partial charge in [0.15, 0.2) is 5.79 Å². The molecule has 1 fully saturated rings. The number of hydrogen-bond acceptors (Lipinski definition) is 3. The first-order valence-electron chi connectivity index (χ1n) is 4.67. The highest BCUT2D eigenvalue weighted by Gasteiger charge is 2.37. The van der Waals surface area contributed by atoms with E-state index in [0.717, 1.165) is 0 Å². The second-order valence-corrected chi connectivity index (χ2v) is 4.19. The van der Waals surface area contributed by atoms with Crippen LogP contribution in [0.25, 0.3) is 0 Å². The third-order valence-corrected chi connectivity index (χ3v) is 2.37. The van der Waals surface area contributed by atoms with E-state index in [2.05, 4.69) is 6.07 Å². The minimum atomic E-state index is -0.539. The smallest absolute Gasteiger partial charge is 0.163 e. The highest BCUT2D eigenvalue weighted by Crippen LogP contribution is 2.29. The minimum absolute atomic E-state index is 0.00579. The van der Waals surface area contributed by atoms with Crippen LogP contribution in [0, 0.1) is 23.2 Å². The number of nitrogens with zero attached hydrogens (tertiary/aromatic N) is 1. The first kappa shape index (κ1) is 10.5. The van der Waals surface area contributed by atoms with Gasteiger partial charge in [0.2, 0.25) is 0 Å². The molecular weight excluding hydrogens is 166 g/mol. The van der Waals surface area contributed by atoms with E-state index < -0.39 is 5.79 Å². The van der Waals surface area contributed by atoms with Crippen LogP contribution in [0.5, 0.6) is 0 Å². The summed E-state index contributed by atoms with van der Waals surface area (Å²) in [5, 5.41) is 8.80. The van der Waals surface area contributed by atoms with Crippen LogP contribution in [-0.2, 0) is 9.47 Å². The quantitative estimate of drug-likeness (QED) is 0.623. The van der Waals surface area contributed by atoms with Gasteiger partial charge in [-0.15, -0.1) is 0 Å². The van der Waals surface area contributed by atoms with E-state index in [1.54, 1.807) is 0 Å². The van der Waals surface area contributed by atoms with E-state index in [0.29, 0.717) is 12.5 Å². The van der Waals surface area contributed by atoms with Crippen molar-refractivity contribution in [3.05, 3.63) is 0 Å². The van der Waals surface area contributed by atoms with Gasteiger partial charge in [0.25, 0.3) is 0 Å². The van der Waals surface area contributed by atoms with Crippen molar-refractivity contribution in [1.29, 1.82) is 5.26 Å². The Morgan fingerprint density at radius 3 is 2.69 bits per heavy atom. The summed E-state index contributed by atoms with van der Waals surface area (Å²) in [5.74, 6) is -0.316. The van der Waals surface area contributed by atoms with E-state index in [9.17, 15) is 0 Å². The van der Waals surface area contributed by atoms with Crippen LogP contribution in [-0.4, -0.2) is 18.5 Å². The molecule has 1 aliphatic heterocycles. The van der Waals surface area contributed by atoms with Gasteiger partial charge < -0.3 is 9.47 Å². The molecule has 74 valence electrons. The molecule has 0 radical (unpaired) electrons. The maximum Gasteiger partial charge on any atom is 0.163 e. The molecule has 0 saturated carbocycles. The minimum Gasteiger partial charge on any atom is -0.350 e. The molecule has 13 heavy (non-hydrogen) atoms. The van der Waals surface area contributed by atoms with Gasteiger partial charge in [0.1, 0.15) is 0 Å². The third-order valence-electron chi connectivity index (χ3n) is 2.37. The van der Waals surface area contributed by atoms with Crippen LogP contribution in [0.3, 0.4) is 0 Å². The fraction of sp³-hybridized carbons (Fsp3) is 0.900. The first-order valence-corrected chi connectivity index (χ1v) is 4.67. The molecule has 1 heterocycles. The van der Waals surface area contributed by atoms with Gasteiger partial charge in [-0.3, -0.25) is 0 Å². The summed E-state index contributed by atoms with van der Waals surface area (Å²) in [4.78, 5) is 0. The van der Waals surface area contributed by atoms with Crippen molar-refractivity contribution in [3.8, 4) is 6.07 Å². The molecule has 1 saturated heterocycles. The summed E-state index contributed by atoms with van der Waals surface area (Å²) in [6.07, 6.45) is -0.00579. The summed E-state index contributed by atoms with van der Waals surface area (Å²) in [6.45, 7) is 8.38. The fourth-order valence-corrected chi connectivity index (χ4v) is 1.57. The van der Waals surface area contributed by atoms with Crippen LogP contribution in [0.1, 0.15) is 27.7 Å². The summed E-state index contributed by atoms with van der Waals surface area (Å²) < 4.78 is 11.2. The Kier molecular flexibility index (Phi) is 2.94. The van der Waals surface area contributed by atoms with E-state index in [4.69, 9.17) is 14.7 Å². The second kappa shape index (κ2) is 3.65. The van der Waals surface area contributed by atoms with Crippen molar-refractivity contribution < 1.29 is 9.47 Å². The highest BCUT2D eigenvalue weighted by molar-refractivity contribution is 4.90. The molecule has 0 unspecified atom stereocenters. The van der Waals surface area contributed by atoms with Crippen LogP contribution in [0.4, 0.5) is 0 Å². The van der Waals surface area contributed by atoms with E-state index in [1.165, 1.54) is 0 Å². The zero-order chi connectivity index (χ0) is 10.1. The topological polar surface area (TPSA) is 42.2 Å². The Morgan fingerprint density at radius 1 is 1.54 bits per heavy atom. The maximum absolute atomic E-state index is 8.80. The van der Waals surface area contributed by atoms with Gasteiger partial charge in [-0.25, -0.2) is 0 Å². The van der Waals surface area contributed by atoms with Gasteiger partial charge in [-0.05, 0) is 20.8 Å². The van der Waals surface area contributed by atoms with Crippen molar-refractivity contribution in [2.75, 3.05) is 6.61 Å². The predicted octanol–water partition coefficient (Wildman–Crippen LogP) is 1.93. The second-order valence-electron chi connectivity index (χ2n) is 4.19. The van der Waals surface area contributed by atoms with Crippen molar-refractivity contribution in [1.82, 2.24) is 0 Å². The van der Waals surface area contributed by atoms with E-state index >= 15 is 0 Å². The van der Waals surface area contributed by atoms with Crippen LogP contribution >= 0.6 is 0 Å². The Balaban J connectivity index is 2.67. The van der Waals surface area contributed by atoms with Crippen LogP contribution in [0.15, 0.2) is 0 Å². The number of nitriles is 1. The number of rotatable bonds is 1. The third kappa shape index (κ3) is 2.43. The lowest BCUT2D eigenvalue weighted by Crippen LogP contribution is -2.47. The molecule has 0 N–H and O–H groups in total. The Bertz CT molecular complexity index is 219. The zero-order valence-corrected chi connectivity index (χ0v) is 8.70. The summed E-state index contributed by atoms with van der Waals surface area (Å²) >= 11 is 0. The molecule has 0 aliphatic carbocycles. The average Bonchev–Trinajstić information content (AvgIpc) is 2.08. The van der Waals surface area contributed by atoms with Crippen molar-refractivity contribution in [3.63, 3.8) is 0 Å². The van der Waals surface area contributed by atoms with Gasteiger partial charge in [-0.1, -0.05) is 6.92 Å². The standard InChI is InChI=1S/C10H17NO2/c1-7(5-11)9-8(2)6-12-10(3,4)13-9/h7-9H,6H2,1-4H3/t7-,8-,9+/m0/s1. The Morgan fingerprint density at radius 2 is 2.15 bits per heavy atom. The molecule has 0 amide bonds. The molecule has 1 aliphatic rings. The van der Waals surface area contributed by atoms with Crippen molar-refractivity contribution in [2.24, 2.45) is 11.8 Å². The number of ether oxygens (including phenoxy) is 2. The van der Waals surface area contributed by atoms with Gasteiger partial charge in [0, 0.05) is 5.92 Å². The molecule has 0 bridgehead atoms. The van der Waals surface area contributed by atoms with Gasteiger partial charge in [-0.2, -0.15) is 5.26 Å². The lowest BCUT2D eigenvalue weighted by atomic mass is 9.93. The maximum atomic E-state index is 8.80. The zero-order valence-electron chi connectivity index (χ0n) is 8.70. The highest BCUT2D eigenvalue weighted by atomic mass is 16.7. The Hall–Kier alpha value is -0.590. The molecule has 0 aromatic carbocycles. The number of hydrogen-bond donors (Lipinski definition) is 0. The van der Waals surface area contributed by atoms with Gasteiger partial charge >= 0.3 is 0 Å².